The van der Waals surface area contributed by atoms with Gasteiger partial charge in [0.15, 0.2) is 0 Å². The van der Waals surface area contributed by atoms with Crippen molar-refractivity contribution in [3.05, 3.63) is 41.6 Å². The lowest BCUT2D eigenvalue weighted by Gasteiger charge is -2.03. The van der Waals surface area contributed by atoms with Crippen molar-refractivity contribution >= 4 is 5.97 Å². The SMILES string of the molecule is CCCCCOC(=O)CCc1cc(-c2ccc(F)cc2F)n(C)n1. The van der Waals surface area contributed by atoms with Crippen molar-refractivity contribution < 1.29 is 18.3 Å². The Morgan fingerprint density at radius 3 is 2.75 bits per heavy atom. The van der Waals surface area contributed by atoms with Gasteiger partial charge in [-0.25, -0.2) is 8.78 Å². The van der Waals surface area contributed by atoms with Crippen LogP contribution in [0.1, 0.15) is 38.3 Å². The molecule has 0 spiro atoms. The molecule has 6 heteroatoms. The van der Waals surface area contributed by atoms with Gasteiger partial charge in [0.25, 0.3) is 0 Å². The number of nitrogens with zero attached hydrogens (tertiary/aromatic N) is 2. The number of hydrogen-bond acceptors (Lipinski definition) is 3. The van der Waals surface area contributed by atoms with Crippen LogP contribution in [0.3, 0.4) is 0 Å². The minimum absolute atomic E-state index is 0.231. The molecule has 0 fully saturated rings. The first-order valence-electron chi connectivity index (χ1n) is 8.15. The van der Waals surface area contributed by atoms with Gasteiger partial charge in [-0.2, -0.15) is 5.10 Å². The monoisotopic (exact) mass is 336 g/mol. The van der Waals surface area contributed by atoms with Crippen LogP contribution in [-0.4, -0.2) is 22.4 Å². The number of esters is 1. The van der Waals surface area contributed by atoms with Gasteiger partial charge in [0.2, 0.25) is 0 Å². The number of aromatic nitrogens is 2. The van der Waals surface area contributed by atoms with Crippen LogP contribution in [0.5, 0.6) is 0 Å². The van der Waals surface area contributed by atoms with Crippen LogP contribution in [0.15, 0.2) is 24.3 Å². The first kappa shape index (κ1) is 18.1. The van der Waals surface area contributed by atoms with E-state index in [0.717, 1.165) is 25.3 Å². The molecule has 2 rings (SSSR count). The quantitative estimate of drug-likeness (QED) is 0.540. The number of unbranched alkanes of at least 4 members (excludes halogenated alkanes) is 2. The third-order valence-electron chi connectivity index (χ3n) is 3.73. The zero-order valence-electron chi connectivity index (χ0n) is 14.0. The van der Waals surface area contributed by atoms with E-state index in [-0.39, 0.29) is 18.0 Å². The molecule has 1 aromatic carbocycles. The van der Waals surface area contributed by atoms with E-state index in [1.807, 2.05) is 0 Å². The van der Waals surface area contributed by atoms with Crippen LogP contribution >= 0.6 is 0 Å². The Balaban J connectivity index is 1.95. The second kappa shape index (κ2) is 8.57. The highest BCUT2D eigenvalue weighted by Gasteiger charge is 2.13. The maximum absolute atomic E-state index is 13.9. The zero-order valence-corrected chi connectivity index (χ0v) is 14.0. The average Bonchev–Trinajstić information content (AvgIpc) is 2.90. The molecule has 0 aliphatic rings. The predicted molar refractivity (Wildman–Crippen MR) is 87.4 cm³/mol. The predicted octanol–water partition coefficient (Wildman–Crippen LogP) is 4.03. The summed E-state index contributed by atoms with van der Waals surface area (Å²) in [4.78, 5) is 11.7. The van der Waals surface area contributed by atoms with Crippen LogP contribution in [0.25, 0.3) is 11.3 Å². The molecule has 0 saturated heterocycles. The fourth-order valence-corrected chi connectivity index (χ4v) is 2.44. The number of halogens is 2. The third kappa shape index (κ3) is 4.88. The zero-order chi connectivity index (χ0) is 17.5. The molecule has 2 aromatic rings. The maximum atomic E-state index is 13.9. The maximum Gasteiger partial charge on any atom is 0.306 e. The normalized spacial score (nSPS) is 10.8. The van der Waals surface area contributed by atoms with E-state index >= 15 is 0 Å². The molecular formula is C18H22F2N2O2. The first-order chi connectivity index (χ1) is 11.5. The van der Waals surface area contributed by atoms with Gasteiger partial charge in [0, 0.05) is 25.1 Å². The average molecular weight is 336 g/mol. The van der Waals surface area contributed by atoms with Crippen molar-refractivity contribution in [1.82, 2.24) is 9.78 Å². The molecule has 0 aliphatic carbocycles. The molecule has 0 aliphatic heterocycles. The smallest absolute Gasteiger partial charge is 0.306 e. The molecular weight excluding hydrogens is 314 g/mol. The lowest BCUT2D eigenvalue weighted by atomic mass is 10.1. The van der Waals surface area contributed by atoms with Crippen molar-refractivity contribution in [3.63, 3.8) is 0 Å². The van der Waals surface area contributed by atoms with Gasteiger partial charge in [-0.3, -0.25) is 9.48 Å². The van der Waals surface area contributed by atoms with E-state index in [1.54, 1.807) is 13.1 Å². The molecule has 4 nitrogen and oxygen atoms in total. The molecule has 0 unspecified atom stereocenters. The van der Waals surface area contributed by atoms with Crippen LogP contribution < -0.4 is 0 Å². The molecule has 0 amide bonds. The molecule has 0 bridgehead atoms. The van der Waals surface area contributed by atoms with Gasteiger partial charge in [-0.05, 0) is 24.6 Å². The van der Waals surface area contributed by atoms with Crippen molar-refractivity contribution in [1.29, 1.82) is 0 Å². The Hall–Kier alpha value is -2.24. The number of benzene rings is 1. The first-order valence-corrected chi connectivity index (χ1v) is 8.15. The molecule has 0 atom stereocenters. The molecule has 24 heavy (non-hydrogen) atoms. The van der Waals surface area contributed by atoms with Crippen LogP contribution in [-0.2, 0) is 23.0 Å². The van der Waals surface area contributed by atoms with Gasteiger partial charge in [0.05, 0.1) is 24.4 Å². The Morgan fingerprint density at radius 1 is 1.25 bits per heavy atom. The number of ether oxygens (including phenoxy) is 1. The van der Waals surface area contributed by atoms with E-state index in [0.29, 0.717) is 24.4 Å². The van der Waals surface area contributed by atoms with Crippen LogP contribution in [0.4, 0.5) is 8.78 Å². The lowest BCUT2D eigenvalue weighted by molar-refractivity contribution is -0.143. The van der Waals surface area contributed by atoms with Gasteiger partial charge in [-0.15, -0.1) is 0 Å². The minimum atomic E-state index is -0.639. The Bertz CT molecular complexity index is 698. The second-order valence-electron chi connectivity index (χ2n) is 5.70. The second-order valence-corrected chi connectivity index (χ2v) is 5.70. The fraction of sp³-hybridized carbons (Fsp3) is 0.444. The molecule has 0 saturated carbocycles. The molecule has 0 N–H and O–H groups in total. The van der Waals surface area contributed by atoms with E-state index < -0.39 is 11.6 Å². The molecule has 1 heterocycles. The van der Waals surface area contributed by atoms with Crippen molar-refractivity contribution in [2.75, 3.05) is 6.61 Å². The summed E-state index contributed by atoms with van der Waals surface area (Å²) in [5, 5.41) is 4.28. The summed E-state index contributed by atoms with van der Waals surface area (Å²) in [6.45, 7) is 2.53. The van der Waals surface area contributed by atoms with E-state index in [1.165, 1.54) is 16.8 Å². The summed E-state index contributed by atoms with van der Waals surface area (Å²) >= 11 is 0. The van der Waals surface area contributed by atoms with Gasteiger partial charge >= 0.3 is 5.97 Å². The largest absolute Gasteiger partial charge is 0.466 e. The van der Waals surface area contributed by atoms with Crippen LogP contribution in [0, 0.1) is 11.6 Å². The standard InChI is InChI=1S/C18H22F2N2O2/c1-3-4-5-10-24-18(23)9-7-14-12-17(22(2)21-14)15-8-6-13(19)11-16(15)20/h6,8,11-12H,3-5,7,9-10H2,1-2H3. The highest BCUT2D eigenvalue weighted by molar-refractivity contribution is 5.69. The highest BCUT2D eigenvalue weighted by atomic mass is 19.1. The Labute approximate surface area is 140 Å². The summed E-state index contributed by atoms with van der Waals surface area (Å²) in [7, 11) is 1.69. The molecule has 130 valence electrons. The van der Waals surface area contributed by atoms with E-state index in [4.69, 9.17) is 4.74 Å². The number of hydrogen-bond donors (Lipinski definition) is 0. The summed E-state index contributed by atoms with van der Waals surface area (Å²) in [5.74, 6) is -1.52. The summed E-state index contributed by atoms with van der Waals surface area (Å²) < 4.78 is 33.6. The summed E-state index contributed by atoms with van der Waals surface area (Å²) in [6, 6.07) is 5.14. The topological polar surface area (TPSA) is 44.1 Å². The van der Waals surface area contributed by atoms with Crippen molar-refractivity contribution in [2.45, 2.75) is 39.0 Å². The third-order valence-corrected chi connectivity index (χ3v) is 3.73. The Morgan fingerprint density at radius 2 is 2.04 bits per heavy atom. The van der Waals surface area contributed by atoms with Crippen molar-refractivity contribution in [3.8, 4) is 11.3 Å². The molecule has 0 radical (unpaired) electrons. The highest BCUT2D eigenvalue weighted by Crippen LogP contribution is 2.24. The minimum Gasteiger partial charge on any atom is -0.466 e. The fourth-order valence-electron chi connectivity index (χ4n) is 2.44. The van der Waals surface area contributed by atoms with Gasteiger partial charge < -0.3 is 4.74 Å². The van der Waals surface area contributed by atoms with E-state index in [2.05, 4.69) is 12.0 Å². The summed E-state index contributed by atoms with van der Waals surface area (Å²) in [6.07, 6.45) is 3.64. The number of aryl methyl sites for hydroxylation is 2. The number of carbonyl (C=O) groups is 1. The number of carbonyl (C=O) groups excluding carboxylic acids is 1. The van der Waals surface area contributed by atoms with Crippen molar-refractivity contribution in [2.24, 2.45) is 7.05 Å². The summed E-state index contributed by atoms with van der Waals surface area (Å²) in [5.41, 5.74) is 1.49. The van der Waals surface area contributed by atoms with Crippen LogP contribution in [0.2, 0.25) is 0 Å². The van der Waals surface area contributed by atoms with Gasteiger partial charge in [-0.1, -0.05) is 19.8 Å². The molecule has 1 aromatic heterocycles. The number of rotatable bonds is 8. The van der Waals surface area contributed by atoms with E-state index in [9.17, 15) is 13.6 Å². The van der Waals surface area contributed by atoms with Gasteiger partial charge in [0.1, 0.15) is 11.6 Å². The Kier molecular flexibility index (Phi) is 6.46. The lowest BCUT2D eigenvalue weighted by Crippen LogP contribution is -2.07.